The second kappa shape index (κ2) is 6.54. The molecule has 0 fully saturated rings. The van der Waals surface area contributed by atoms with Crippen molar-refractivity contribution in [3.63, 3.8) is 0 Å². The molecule has 1 heterocycles. The summed E-state index contributed by atoms with van der Waals surface area (Å²) in [6.45, 7) is 0. The number of rotatable bonds is 4. The molecular formula is C17H11N5O2. The van der Waals surface area contributed by atoms with Crippen molar-refractivity contribution in [2.75, 3.05) is 5.32 Å². The van der Waals surface area contributed by atoms with Crippen LogP contribution in [0.1, 0.15) is 5.56 Å². The van der Waals surface area contributed by atoms with Crippen LogP contribution in [-0.4, -0.2) is 14.9 Å². The third-order valence-electron chi connectivity index (χ3n) is 3.35. The van der Waals surface area contributed by atoms with Crippen LogP contribution >= 0.6 is 0 Å². The first-order chi connectivity index (χ1) is 11.7. The molecule has 0 saturated carbocycles. The number of non-ortho nitro benzene ring substituents is 1. The van der Waals surface area contributed by atoms with E-state index in [0.717, 1.165) is 5.69 Å². The summed E-state index contributed by atoms with van der Waals surface area (Å²) < 4.78 is 0. The van der Waals surface area contributed by atoms with E-state index in [1.165, 1.54) is 18.5 Å². The Bertz CT molecular complexity index is 918. The van der Waals surface area contributed by atoms with Gasteiger partial charge < -0.3 is 5.32 Å². The number of nitrogens with zero attached hydrogens (tertiary/aromatic N) is 4. The molecule has 3 aromatic rings. The van der Waals surface area contributed by atoms with Crippen LogP contribution in [0.25, 0.3) is 11.3 Å². The van der Waals surface area contributed by atoms with Gasteiger partial charge in [-0.1, -0.05) is 18.2 Å². The minimum absolute atomic E-state index is 0.0195. The van der Waals surface area contributed by atoms with Gasteiger partial charge in [0.1, 0.15) is 18.0 Å². The van der Waals surface area contributed by atoms with Crippen molar-refractivity contribution in [3.05, 3.63) is 76.6 Å². The number of nitriles is 1. The summed E-state index contributed by atoms with van der Waals surface area (Å²) in [5, 5.41) is 23.3. The molecule has 0 atom stereocenters. The number of hydrogen-bond acceptors (Lipinski definition) is 6. The first kappa shape index (κ1) is 15.1. The Balaban J connectivity index is 2.01. The average Bonchev–Trinajstić information content (AvgIpc) is 2.62. The van der Waals surface area contributed by atoms with Gasteiger partial charge in [-0.05, 0) is 24.3 Å². The number of aromatic nitrogens is 2. The van der Waals surface area contributed by atoms with Crippen LogP contribution in [0.15, 0.2) is 60.9 Å². The maximum atomic E-state index is 10.7. The van der Waals surface area contributed by atoms with Gasteiger partial charge in [0.15, 0.2) is 5.82 Å². The third kappa shape index (κ3) is 3.03. The summed E-state index contributed by atoms with van der Waals surface area (Å²) >= 11 is 0. The Morgan fingerprint density at radius 3 is 2.38 bits per heavy atom. The lowest BCUT2D eigenvalue weighted by molar-refractivity contribution is -0.384. The average molecular weight is 317 g/mol. The SMILES string of the molecule is N#Cc1c(Nc2ccccc2)ncnc1-c1ccc([N+](=O)[O-])cc1. The highest BCUT2D eigenvalue weighted by Gasteiger charge is 2.14. The molecule has 0 radical (unpaired) electrons. The van der Waals surface area contributed by atoms with E-state index in [1.807, 2.05) is 30.3 Å². The van der Waals surface area contributed by atoms with Gasteiger partial charge in [0, 0.05) is 23.4 Å². The molecule has 0 aliphatic heterocycles. The van der Waals surface area contributed by atoms with Crippen molar-refractivity contribution < 1.29 is 4.92 Å². The van der Waals surface area contributed by atoms with E-state index in [2.05, 4.69) is 21.4 Å². The summed E-state index contributed by atoms with van der Waals surface area (Å²) in [5.41, 5.74) is 2.07. The molecule has 24 heavy (non-hydrogen) atoms. The zero-order chi connectivity index (χ0) is 16.9. The van der Waals surface area contributed by atoms with Crippen molar-refractivity contribution in [2.45, 2.75) is 0 Å². The molecule has 7 heteroatoms. The first-order valence-corrected chi connectivity index (χ1v) is 7.01. The van der Waals surface area contributed by atoms with Crippen LogP contribution in [0.5, 0.6) is 0 Å². The van der Waals surface area contributed by atoms with E-state index in [4.69, 9.17) is 0 Å². The highest BCUT2D eigenvalue weighted by atomic mass is 16.6. The maximum Gasteiger partial charge on any atom is 0.269 e. The second-order valence-corrected chi connectivity index (χ2v) is 4.85. The zero-order valence-corrected chi connectivity index (χ0v) is 12.4. The van der Waals surface area contributed by atoms with Crippen LogP contribution in [-0.2, 0) is 0 Å². The smallest absolute Gasteiger partial charge is 0.269 e. The highest BCUT2D eigenvalue weighted by molar-refractivity contribution is 5.75. The van der Waals surface area contributed by atoms with E-state index in [1.54, 1.807) is 12.1 Å². The predicted molar refractivity (Wildman–Crippen MR) is 88.6 cm³/mol. The zero-order valence-electron chi connectivity index (χ0n) is 12.4. The summed E-state index contributed by atoms with van der Waals surface area (Å²) in [4.78, 5) is 18.5. The number of nitro benzene ring substituents is 1. The van der Waals surface area contributed by atoms with E-state index in [9.17, 15) is 15.4 Å². The van der Waals surface area contributed by atoms with Gasteiger partial charge >= 0.3 is 0 Å². The van der Waals surface area contributed by atoms with Crippen molar-refractivity contribution >= 4 is 17.2 Å². The summed E-state index contributed by atoms with van der Waals surface area (Å²) in [7, 11) is 0. The number of hydrogen-bond donors (Lipinski definition) is 1. The number of nitro groups is 1. The maximum absolute atomic E-state index is 10.7. The molecule has 116 valence electrons. The van der Waals surface area contributed by atoms with E-state index in [0.29, 0.717) is 17.1 Å². The molecule has 1 aromatic heterocycles. The molecule has 0 spiro atoms. The van der Waals surface area contributed by atoms with E-state index in [-0.39, 0.29) is 11.3 Å². The Labute approximate surface area is 137 Å². The lowest BCUT2D eigenvalue weighted by Crippen LogP contribution is -2.00. The van der Waals surface area contributed by atoms with Crippen LogP contribution in [0, 0.1) is 21.4 Å². The molecular weight excluding hydrogens is 306 g/mol. The second-order valence-electron chi connectivity index (χ2n) is 4.85. The largest absolute Gasteiger partial charge is 0.339 e. The van der Waals surface area contributed by atoms with Crippen molar-refractivity contribution in [3.8, 4) is 17.3 Å². The van der Waals surface area contributed by atoms with Gasteiger partial charge in [0.05, 0.1) is 10.6 Å². The minimum Gasteiger partial charge on any atom is -0.339 e. The van der Waals surface area contributed by atoms with Gasteiger partial charge in [0.2, 0.25) is 0 Å². The van der Waals surface area contributed by atoms with Crippen molar-refractivity contribution in [2.24, 2.45) is 0 Å². The van der Waals surface area contributed by atoms with Gasteiger partial charge in [-0.25, -0.2) is 9.97 Å². The molecule has 0 saturated heterocycles. The van der Waals surface area contributed by atoms with Gasteiger partial charge in [-0.3, -0.25) is 10.1 Å². The summed E-state index contributed by atoms with van der Waals surface area (Å²) in [6.07, 6.45) is 1.35. The van der Waals surface area contributed by atoms with Crippen LogP contribution in [0.3, 0.4) is 0 Å². The van der Waals surface area contributed by atoms with E-state index < -0.39 is 4.92 Å². The quantitative estimate of drug-likeness (QED) is 0.581. The lowest BCUT2D eigenvalue weighted by Gasteiger charge is -2.10. The molecule has 7 nitrogen and oxygen atoms in total. The Hall–Kier alpha value is -3.79. The molecule has 0 unspecified atom stereocenters. The fourth-order valence-corrected chi connectivity index (χ4v) is 2.20. The first-order valence-electron chi connectivity index (χ1n) is 7.01. The molecule has 2 aromatic carbocycles. The summed E-state index contributed by atoms with van der Waals surface area (Å²) in [6, 6.07) is 17.3. The lowest BCUT2D eigenvalue weighted by atomic mass is 10.1. The highest BCUT2D eigenvalue weighted by Crippen LogP contribution is 2.28. The van der Waals surface area contributed by atoms with Gasteiger partial charge in [0.25, 0.3) is 5.69 Å². The van der Waals surface area contributed by atoms with Crippen molar-refractivity contribution in [1.29, 1.82) is 5.26 Å². The molecule has 0 aliphatic rings. The predicted octanol–water partition coefficient (Wildman–Crippen LogP) is 3.67. The normalized spacial score (nSPS) is 9.96. The summed E-state index contributed by atoms with van der Waals surface area (Å²) in [5.74, 6) is 0.382. The molecule has 0 aliphatic carbocycles. The van der Waals surface area contributed by atoms with Crippen LogP contribution in [0.2, 0.25) is 0 Å². The standard InChI is InChI=1S/C17H11N5O2/c18-10-15-16(12-6-8-14(9-7-12)22(23)24)19-11-20-17(15)21-13-4-2-1-3-5-13/h1-9,11H,(H,19,20,21). The number of nitrogens with one attached hydrogen (secondary N) is 1. The van der Waals surface area contributed by atoms with Crippen molar-refractivity contribution in [1.82, 2.24) is 9.97 Å². The fourth-order valence-electron chi connectivity index (χ4n) is 2.20. The van der Waals surface area contributed by atoms with Gasteiger partial charge in [-0.2, -0.15) is 5.26 Å². The third-order valence-corrected chi connectivity index (χ3v) is 3.35. The molecule has 0 bridgehead atoms. The molecule has 1 N–H and O–H groups in total. The number of anilines is 2. The fraction of sp³-hybridized carbons (Fsp3) is 0. The Morgan fingerprint density at radius 1 is 1.04 bits per heavy atom. The molecule has 3 rings (SSSR count). The van der Waals surface area contributed by atoms with E-state index >= 15 is 0 Å². The van der Waals surface area contributed by atoms with Crippen LogP contribution < -0.4 is 5.32 Å². The minimum atomic E-state index is -0.475. The molecule has 0 amide bonds. The topological polar surface area (TPSA) is 105 Å². The number of benzene rings is 2. The monoisotopic (exact) mass is 317 g/mol. The Morgan fingerprint density at radius 2 is 1.75 bits per heavy atom. The Kier molecular flexibility index (Phi) is 4.12. The number of para-hydroxylation sites is 1. The van der Waals surface area contributed by atoms with Crippen LogP contribution in [0.4, 0.5) is 17.2 Å². The van der Waals surface area contributed by atoms with Gasteiger partial charge in [-0.15, -0.1) is 0 Å².